The molecule has 0 fully saturated rings. The molecule has 12 heteroatoms. The van der Waals surface area contributed by atoms with Gasteiger partial charge in [-0.25, -0.2) is 24.0 Å². The van der Waals surface area contributed by atoms with Crippen molar-refractivity contribution >= 4 is 46.8 Å². The van der Waals surface area contributed by atoms with Gasteiger partial charge < -0.3 is 24.8 Å². The van der Waals surface area contributed by atoms with E-state index in [4.69, 9.17) is 14.7 Å². The summed E-state index contributed by atoms with van der Waals surface area (Å²) in [5.74, 6) is -0.995. The van der Waals surface area contributed by atoms with Gasteiger partial charge in [0.05, 0.1) is 35.5 Å². The quantitative estimate of drug-likeness (QED) is 0.0682. The summed E-state index contributed by atoms with van der Waals surface area (Å²) < 4.78 is 23.0. The van der Waals surface area contributed by atoms with Gasteiger partial charge in [-0.15, -0.1) is 0 Å². The second-order valence-corrected chi connectivity index (χ2v) is 15.2. The number of aliphatic imine (C=N–C) groups is 1. The van der Waals surface area contributed by atoms with Gasteiger partial charge in [0.1, 0.15) is 18.0 Å². The number of imidazole rings is 1. The molecule has 2 N–H and O–H groups in total. The van der Waals surface area contributed by atoms with Crippen LogP contribution in [0.1, 0.15) is 43.9 Å². The molecule has 6 aromatic carbocycles. The molecule has 2 heterocycles. The summed E-state index contributed by atoms with van der Waals surface area (Å²) in [4.78, 5) is 52.5. The molecular formula is C49H41FN6O4S. The topological polar surface area (TPSA) is 118 Å². The van der Waals surface area contributed by atoms with Crippen molar-refractivity contribution in [3.63, 3.8) is 0 Å². The summed E-state index contributed by atoms with van der Waals surface area (Å²) in [5, 5.41) is 5.44. The maximum atomic E-state index is 15.6. The third-order valence-corrected chi connectivity index (χ3v) is 11.0. The van der Waals surface area contributed by atoms with Gasteiger partial charge in [-0.1, -0.05) is 127 Å². The van der Waals surface area contributed by atoms with Crippen molar-refractivity contribution in [1.82, 2.24) is 14.9 Å². The van der Waals surface area contributed by atoms with Gasteiger partial charge in [0, 0.05) is 28.8 Å². The molecule has 0 unspecified atom stereocenters. The number of hydrogen-bond donors (Lipinski definition) is 2. The van der Waals surface area contributed by atoms with E-state index >= 15 is 4.39 Å². The van der Waals surface area contributed by atoms with E-state index in [-0.39, 0.29) is 30.0 Å². The molecule has 1 aliphatic heterocycles. The first-order chi connectivity index (χ1) is 29.9. The van der Waals surface area contributed by atoms with Crippen LogP contribution in [0, 0.1) is 5.82 Å². The minimum absolute atomic E-state index is 0.0160. The lowest BCUT2D eigenvalue weighted by atomic mass is 9.77. The number of rotatable bonds is 13. The van der Waals surface area contributed by atoms with E-state index in [0.717, 1.165) is 16.7 Å². The number of urea groups is 1. The number of aromatic nitrogens is 2. The standard InChI is InChI=1S/C49H41FN6O4S/c1-61-29-28-60-47(58)34-16-15-23-38(30-34)52-48(59)54-45-46(57)56(43-27-14-12-25-41(43)44(53-45)40-24-11-13-26-42(40)50)32-39-31-55(33-51-39)49(35-17-5-2-6-18-35,36-19-7-3-8-20-36)37-21-9-4-10-22-37/h2-27,30-31,33,45H,28-29,32H2,1H3,(H2,52,54,59)/t45-/m0/s1. The van der Waals surface area contributed by atoms with Crippen LogP contribution < -0.4 is 15.5 Å². The molecule has 8 rings (SSSR count). The van der Waals surface area contributed by atoms with E-state index in [1.54, 1.807) is 78.8 Å². The molecule has 1 atom stereocenters. The van der Waals surface area contributed by atoms with Gasteiger partial charge in [-0.2, -0.15) is 11.8 Å². The highest BCUT2D eigenvalue weighted by Crippen LogP contribution is 2.41. The van der Waals surface area contributed by atoms with E-state index in [0.29, 0.717) is 28.4 Å². The molecule has 0 spiro atoms. The summed E-state index contributed by atoms with van der Waals surface area (Å²) in [6, 6.07) is 49.4. The lowest BCUT2D eigenvalue weighted by molar-refractivity contribution is -0.120. The number of anilines is 2. The molecule has 0 saturated carbocycles. The van der Waals surface area contributed by atoms with Gasteiger partial charge >= 0.3 is 12.0 Å². The first kappa shape index (κ1) is 40.5. The van der Waals surface area contributed by atoms with Crippen molar-refractivity contribution in [1.29, 1.82) is 0 Å². The zero-order chi connectivity index (χ0) is 42.2. The zero-order valence-corrected chi connectivity index (χ0v) is 34.0. The summed E-state index contributed by atoms with van der Waals surface area (Å²) in [6.45, 7) is 0.231. The number of benzodiazepines with no additional fused rings is 1. The number of thioether (sulfide) groups is 1. The lowest BCUT2D eigenvalue weighted by Gasteiger charge is -2.37. The van der Waals surface area contributed by atoms with Crippen molar-refractivity contribution in [3.8, 4) is 0 Å². The Hall–Kier alpha value is -7.31. The van der Waals surface area contributed by atoms with Gasteiger partial charge in [0.2, 0.25) is 6.17 Å². The summed E-state index contributed by atoms with van der Waals surface area (Å²) in [6.07, 6.45) is 4.12. The Kier molecular flexibility index (Phi) is 12.1. The first-order valence-corrected chi connectivity index (χ1v) is 21.0. The second kappa shape index (κ2) is 18.3. The first-order valence-electron chi connectivity index (χ1n) is 19.6. The van der Waals surface area contributed by atoms with Crippen LogP contribution in [0.15, 0.2) is 181 Å². The fourth-order valence-electron chi connectivity index (χ4n) is 7.65. The van der Waals surface area contributed by atoms with E-state index in [1.807, 2.05) is 67.0 Å². The predicted octanol–water partition coefficient (Wildman–Crippen LogP) is 8.91. The fraction of sp³-hybridized carbons (Fsp3) is 0.122. The summed E-state index contributed by atoms with van der Waals surface area (Å²) >= 11 is 1.55. The van der Waals surface area contributed by atoms with Crippen molar-refractivity contribution in [3.05, 3.63) is 221 Å². The molecule has 0 bridgehead atoms. The van der Waals surface area contributed by atoms with E-state index in [1.165, 1.54) is 17.0 Å². The minimum atomic E-state index is -1.50. The Balaban J connectivity index is 1.17. The highest BCUT2D eigenvalue weighted by atomic mass is 32.2. The number of halogens is 1. The van der Waals surface area contributed by atoms with Crippen molar-refractivity contribution < 1.29 is 23.5 Å². The van der Waals surface area contributed by atoms with Gasteiger partial charge in [0.25, 0.3) is 5.91 Å². The van der Waals surface area contributed by atoms with Gasteiger partial charge in [-0.05, 0) is 59.3 Å². The molecule has 0 radical (unpaired) electrons. The minimum Gasteiger partial charge on any atom is -0.461 e. The number of para-hydroxylation sites is 1. The van der Waals surface area contributed by atoms with Gasteiger partial charge in [0.15, 0.2) is 0 Å². The molecule has 304 valence electrons. The maximum Gasteiger partial charge on any atom is 0.338 e. The monoisotopic (exact) mass is 828 g/mol. The third kappa shape index (κ3) is 8.44. The lowest BCUT2D eigenvalue weighted by Crippen LogP contribution is -2.48. The molecule has 7 aromatic rings. The Morgan fingerprint density at radius 3 is 2.02 bits per heavy atom. The molecule has 0 saturated heterocycles. The largest absolute Gasteiger partial charge is 0.461 e. The van der Waals surface area contributed by atoms with Crippen LogP contribution in [0.5, 0.6) is 0 Å². The number of carbonyl (C=O) groups is 3. The number of nitrogens with zero attached hydrogens (tertiary/aromatic N) is 4. The normalized spacial score (nSPS) is 13.7. The number of fused-ring (bicyclic) bond motifs is 1. The van der Waals surface area contributed by atoms with Crippen molar-refractivity contribution in [2.75, 3.05) is 28.8 Å². The third-order valence-electron chi connectivity index (χ3n) is 10.4. The highest BCUT2D eigenvalue weighted by molar-refractivity contribution is 7.98. The van der Waals surface area contributed by atoms with Crippen LogP contribution >= 0.6 is 11.8 Å². The molecule has 61 heavy (non-hydrogen) atoms. The zero-order valence-electron chi connectivity index (χ0n) is 33.1. The fourth-order valence-corrected chi connectivity index (χ4v) is 7.90. The Bertz CT molecular complexity index is 2600. The number of amides is 3. The average Bonchev–Trinajstić information content (AvgIpc) is 3.73. The van der Waals surface area contributed by atoms with E-state index < -0.39 is 35.4 Å². The Morgan fingerprint density at radius 1 is 0.770 bits per heavy atom. The number of hydrogen-bond acceptors (Lipinski definition) is 7. The van der Waals surface area contributed by atoms with Crippen LogP contribution in [0.4, 0.5) is 20.6 Å². The van der Waals surface area contributed by atoms with E-state index in [2.05, 4.69) is 51.6 Å². The molecule has 3 amide bonds. The number of ether oxygens (including phenoxy) is 1. The number of nitrogens with one attached hydrogen (secondary N) is 2. The molecule has 0 aliphatic carbocycles. The highest BCUT2D eigenvalue weighted by Gasteiger charge is 2.39. The number of benzene rings is 6. The van der Waals surface area contributed by atoms with Crippen molar-refractivity contribution in [2.45, 2.75) is 18.2 Å². The number of esters is 1. The SMILES string of the molecule is CSCCOC(=O)c1cccc(NC(=O)N[C@@H]2N=C(c3ccccc3F)c3ccccc3N(Cc3cn(C(c4ccccc4)(c4ccccc4)c4ccccc4)cn3)C2=O)c1. The van der Waals surface area contributed by atoms with Crippen molar-refractivity contribution in [2.24, 2.45) is 4.99 Å². The summed E-state index contributed by atoms with van der Waals surface area (Å²) in [7, 11) is 0. The molecular weight excluding hydrogens is 788 g/mol. The van der Waals surface area contributed by atoms with Crippen LogP contribution in [0.2, 0.25) is 0 Å². The molecule has 1 aliphatic rings. The van der Waals surface area contributed by atoms with Crippen LogP contribution in [0.25, 0.3) is 0 Å². The molecule has 1 aromatic heterocycles. The second-order valence-electron chi connectivity index (χ2n) is 14.2. The van der Waals surface area contributed by atoms with Crippen LogP contribution in [0.3, 0.4) is 0 Å². The predicted molar refractivity (Wildman–Crippen MR) is 238 cm³/mol. The smallest absolute Gasteiger partial charge is 0.338 e. The average molecular weight is 829 g/mol. The molecule has 10 nitrogen and oxygen atoms in total. The summed E-state index contributed by atoms with van der Waals surface area (Å²) in [5.41, 5.74) is 4.56. The van der Waals surface area contributed by atoms with E-state index in [9.17, 15) is 14.4 Å². The Labute approximate surface area is 357 Å². The maximum absolute atomic E-state index is 15.6. The Morgan fingerprint density at radius 2 is 1.38 bits per heavy atom. The van der Waals surface area contributed by atoms with Gasteiger partial charge in [-0.3, -0.25) is 4.79 Å². The number of carbonyl (C=O) groups excluding carboxylic acids is 3. The van der Waals surface area contributed by atoms with Crippen LogP contribution in [-0.4, -0.2) is 58.0 Å². The van der Waals surface area contributed by atoms with Crippen LogP contribution in [-0.2, 0) is 21.6 Å².